The van der Waals surface area contributed by atoms with Crippen molar-refractivity contribution in [3.63, 3.8) is 0 Å². The first kappa shape index (κ1) is 17.3. The van der Waals surface area contributed by atoms with Crippen molar-refractivity contribution in [1.29, 1.82) is 0 Å². The summed E-state index contributed by atoms with van der Waals surface area (Å²) in [6, 6.07) is 6.67. The smallest absolute Gasteiger partial charge is 0.316 e. The first-order valence-corrected chi connectivity index (χ1v) is 8.17. The zero-order valence-corrected chi connectivity index (χ0v) is 13.6. The minimum atomic E-state index is -0.586. The highest BCUT2D eigenvalue weighted by Gasteiger charge is 2.21. The van der Waals surface area contributed by atoms with Gasteiger partial charge in [0.15, 0.2) is 0 Å². The number of amides is 3. The number of hydrogen-bond acceptors (Lipinski definition) is 3. The number of anilines is 1. The van der Waals surface area contributed by atoms with Crippen molar-refractivity contribution in [2.45, 2.75) is 32.7 Å². The summed E-state index contributed by atoms with van der Waals surface area (Å²) in [4.78, 5) is 22.8. The molecule has 5 N–H and O–H groups in total. The van der Waals surface area contributed by atoms with Crippen LogP contribution in [-0.4, -0.2) is 25.0 Å². The van der Waals surface area contributed by atoms with Crippen LogP contribution in [0.4, 0.5) is 10.5 Å². The molecule has 0 aromatic heterocycles. The second-order valence-electron chi connectivity index (χ2n) is 6.25. The topological polar surface area (TPSA) is 96.2 Å². The van der Waals surface area contributed by atoms with Crippen LogP contribution < -0.4 is 21.7 Å². The molecule has 2 rings (SSSR count). The van der Waals surface area contributed by atoms with Crippen molar-refractivity contribution in [2.24, 2.45) is 17.6 Å². The van der Waals surface area contributed by atoms with Gasteiger partial charge in [0, 0.05) is 18.7 Å². The molecule has 0 spiro atoms. The Hall–Kier alpha value is -2.08. The maximum atomic E-state index is 12.1. The number of carbonyl (C=O) groups excluding carboxylic acids is 2. The molecule has 0 aliphatic carbocycles. The summed E-state index contributed by atoms with van der Waals surface area (Å²) in [7, 11) is 0. The lowest BCUT2D eigenvalue weighted by molar-refractivity contribution is -0.122. The molecule has 2 atom stereocenters. The molecule has 1 aliphatic rings. The van der Waals surface area contributed by atoms with E-state index < -0.39 is 6.03 Å². The summed E-state index contributed by atoms with van der Waals surface area (Å²) in [6.45, 7) is 4.76. The second-order valence-corrected chi connectivity index (χ2v) is 6.25. The predicted octanol–water partition coefficient (Wildman–Crippen LogP) is 1.82. The lowest BCUT2D eigenvalue weighted by atomic mass is 9.85. The van der Waals surface area contributed by atoms with E-state index in [1.165, 1.54) is 12.8 Å². The van der Waals surface area contributed by atoms with Gasteiger partial charge in [0.25, 0.3) is 0 Å². The average Bonchev–Trinajstić information content (AvgIpc) is 2.54. The third-order valence-corrected chi connectivity index (χ3v) is 4.36. The molecule has 1 saturated heterocycles. The first-order valence-electron chi connectivity index (χ1n) is 8.17. The predicted molar refractivity (Wildman–Crippen MR) is 90.9 cm³/mol. The fraction of sp³-hybridized carbons (Fsp3) is 0.529. The zero-order valence-electron chi connectivity index (χ0n) is 13.6. The van der Waals surface area contributed by atoms with E-state index in [0.717, 1.165) is 18.7 Å². The molecule has 2 unspecified atom stereocenters. The molecule has 1 aromatic rings. The van der Waals surface area contributed by atoms with Crippen molar-refractivity contribution in [3.05, 3.63) is 29.8 Å². The summed E-state index contributed by atoms with van der Waals surface area (Å²) in [5, 5.41) is 8.86. The molecular weight excluding hydrogens is 292 g/mol. The number of benzene rings is 1. The van der Waals surface area contributed by atoms with Gasteiger partial charge in [-0.1, -0.05) is 19.1 Å². The molecule has 126 valence electrons. The van der Waals surface area contributed by atoms with E-state index in [1.54, 1.807) is 12.1 Å². The molecule has 1 aromatic carbocycles. The summed E-state index contributed by atoms with van der Waals surface area (Å²) in [5.41, 5.74) is 6.69. The van der Waals surface area contributed by atoms with Gasteiger partial charge in [0.2, 0.25) is 5.91 Å². The molecular formula is C17H26N4O2. The molecule has 3 amide bonds. The van der Waals surface area contributed by atoms with Crippen molar-refractivity contribution in [1.82, 2.24) is 10.6 Å². The molecule has 1 heterocycles. The Balaban J connectivity index is 1.74. The number of piperidine rings is 1. The first-order chi connectivity index (χ1) is 11.0. The zero-order chi connectivity index (χ0) is 16.7. The maximum absolute atomic E-state index is 12.1. The second kappa shape index (κ2) is 8.53. The lowest BCUT2D eigenvalue weighted by Gasteiger charge is -2.28. The van der Waals surface area contributed by atoms with E-state index in [1.807, 2.05) is 12.1 Å². The van der Waals surface area contributed by atoms with Gasteiger partial charge in [-0.3, -0.25) is 4.79 Å². The maximum Gasteiger partial charge on any atom is 0.316 e. The molecule has 0 bridgehead atoms. The van der Waals surface area contributed by atoms with E-state index in [0.29, 0.717) is 30.5 Å². The Morgan fingerprint density at radius 1 is 1.35 bits per heavy atom. The van der Waals surface area contributed by atoms with E-state index in [4.69, 9.17) is 5.73 Å². The minimum Gasteiger partial charge on any atom is -0.352 e. The molecule has 23 heavy (non-hydrogen) atoms. The molecule has 1 aliphatic heterocycles. The fourth-order valence-electron chi connectivity index (χ4n) is 2.94. The highest BCUT2D eigenvalue weighted by atomic mass is 16.2. The van der Waals surface area contributed by atoms with Crippen molar-refractivity contribution >= 4 is 17.6 Å². The number of rotatable bonds is 6. The number of primary amides is 1. The van der Waals surface area contributed by atoms with Crippen LogP contribution in [0.25, 0.3) is 0 Å². The SMILES string of the molecule is CC(CC(=O)NCc1ccc(NC(N)=O)cc1)C1CCCNC1. The van der Waals surface area contributed by atoms with E-state index >= 15 is 0 Å². The van der Waals surface area contributed by atoms with Crippen LogP contribution in [0.3, 0.4) is 0 Å². The number of urea groups is 1. The standard InChI is InChI=1S/C17H26N4O2/c1-12(14-3-2-8-19-11-14)9-16(22)20-10-13-4-6-15(7-5-13)21-17(18)23/h4-7,12,14,19H,2-3,8-11H2,1H3,(H,20,22)(H3,18,21,23). The summed E-state index contributed by atoms with van der Waals surface area (Å²) in [5.74, 6) is 1.07. The Morgan fingerprint density at radius 3 is 2.70 bits per heavy atom. The summed E-state index contributed by atoms with van der Waals surface area (Å²) >= 11 is 0. The third kappa shape index (κ3) is 5.90. The van der Waals surface area contributed by atoms with Gasteiger partial charge < -0.3 is 21.7 Å². The molecule has 0 radical (unpaired) electrons. The number of nitrogens with one attached hydrogen (secondary N) is 3. The van der Waals surface area contributed by atoms with Crippen molar-refractivity contribution in [3.8, 4) is 0 Å². The van der Waals surface area contributed by atoms with Crippen LogP contribution in [0.2, 0.25) is 0 Å². The normalized spacial score (nSPS) is 18.9. The quantitative estimate of drug-likeness (QED) is 0.644. The van der Waals surface area contributed by atoms with Crippen molar-refractivity contribution < 1.29 is 9.59 Å². The lowest BCUT2D eigenvalue weighted by Crippen LogP contribution is -2.35. The van der Waals surface area contributed by atoms with Gasteiger partial charge in [-0.2, -0.15) is 0 Å². The van der Waals surface area contributed by atoms with E-state index in [-0.39, 0.29) is 5.91 Å². The van der Waals surface area contributed by atoms with Gasteiger partial charge in [0.05, 0.1) is 0 Å². The van der Waals surface area contributed by atoms with E-state index in [9.17, 15) is 9.59 Å². The average molecular weight is 318 g/mol. The van der Waals surface area contributed by atoms with Gasteiger partial charge in [-0.25, -0.2) is 4.79 Å². The van der Waals surface area contributed by atoms with Crippen LogP contribution in [0.5, 0.6) is 0 Å². The van der Waals surface area contributed by atoms with Crippen LogP contribution >= 0.6 is 0 Å². The molecule has 1 fully saturated rings. The number of hydrogen-bond donors (Lipinski definition) is 4. The minimum absolute atomic E-state index is 0.0856. The Kier molecular flexibility index (Phi) is 6.40. The molecule has 6 heteroatoms. The Labute approximate surface area is 137 Å². The summed E-state index contributed by atoms with van der Waals surface area (Å²) < 4.78 is 0. The van der Waals surface area contributed by atoms with Crippen molar-refractivity contribution in [2.75, 3.05) is 18.4 Å². The highest BCUT2D eigenvalue weighted by molar-refractivity contribution is 5.87. The van der Waals surface area contributed by atoms with E-state index in [2.05, 4.69) is 22.9 Å². The molecule has 6 nitrogen and oxygen atoms in total. The van der Waals surface area contributed by atoms with Crippen LogP contribution in [0.15, 0.2) is 24.3 Å². The highest BCUT2D eigenvalue weighted by Crippen LogP contribution is 2.22. The number of nitrogens with two attached hydrogens (primary N) is 1. The monoisotopic (exact) mass is 318 g/mol. The van der Waals surface area contributed by atoms with Gasteiger partial charge in [-0.05, 0) is 55.5 Å². The van der Waals surface area contributed by atoms with Crippen LogP contribution in [0, 0.1) is 11.8 Å². The Morgan fingerprint density at radius 2 is 2.09 bits per heavy atom. The molecule has 0 saturated carbocycles. The van der Waals surface area contributed by atoms with Gasteiger partial charge >= 0.3 is 6.03 Å². The fourth-order valence-corrected chi connectivity index (χ4v) is 2.94. The van der Waals surface area contributed by atoms with Gasteiger partial charge in [-0.15, -0.1) is 0 Å². The third-order valence-electron chi connectivity index (χ3n) is 4.36. The summed E-state index contributed by atoms with van der Waals surface area (Å²) in [6.07, 6.45) is 2.96. The van der Waals surface area contributed by atoms with Crippen LogP contribution in [-0.2, 0) is 11.3 Å². The largest absolute Gasteiger partial charge is 0.352 e. The number of carbonyl (C=O) groups is 2. The Bertz CT molecular complexity index is 524. The van der Waals surface area contributed by atoms with Crippen LogP contribution in [0.1, 0.15) is 31.7 Å². The van der Waals surface area contributed by atoms with Gasteiger partial charge in [0.1, 0.15) is 0 Å².